The Hall–Kier alpha value is -3.88. The summed E-state index contributed by atoms with van der Waals surface area (Å²) in [6.45, 7) is 0. The average Bonchev–Trinajstić information content (AvgIpc) is 3.27. The summed E-state index contributed by atoms with van der Waals surface area (Å²) in [6.07, 6.45) is -4.87. The topological polar surface area (TPSA) is 55.4 Å². The lowest BCUT2D eigenvalue weighted by molar-refractivity contribution is -0.274. The number of ether oxygens (including phenoxy) is 1. The molecule has 4 aromatic carbocycles. The van der Waals surface area contributed by atoms with Gasteiger partial charge in [0.2, 0.25) is 10.0 Å². The minimum atomic E-state index is -4.87. The Balaban J connectivity index is 1.76. The molecule has 180 valence electrons. The Morgan fingerprint density at radius 1 is 0.722 bits per heavy atom. The minimum absolute atomic E-state index is 0.134. The van der Waals surface area contributed by atoms with Crippen LogP contribution in [0.4, 0.5) is 13.2 Å². The van der Waals surface area contributed by atoms with Gasteiger partial charge in [0.25, 0.3) is 0 Å². The van der Waals surface area contributed by atoms with Crippen LogP contribution in [0, 0.1) is 0 Å². The van der Waals surface area contributed by atoms with E-state index >= 15 is 0 Å². The van der Waals surface area contributed by atoms with Gasteiger partial charge in [-0.25, -0.2) is 8.42 Å². The number of sulfonamides is 1. The van der Waals surface area contributed by atoms with Crippen molar-refractivity contribution in [3.63, 3.8) is 0 Å². The van der Waals surface area contributed by atoms with Crippen LogP contribution < -0.4 is 9.46 Å². The third kappa shape index (κ3) is 3.37. The van der Waals surface area contributed by atoms with Crippen molar-refractivity contribution in [2.75, 3.05) is 0 Å². The maximum atomic E-state index is 13.4. The van der Waals surface area contributed by atoms with E-state index in [0.29, 0.717) is 27.8 Å². The fourth-order valence-electron chi connectivity index (χ4n) is 5.29. The molecule has 8 heteroatoms. The van der Waals surface area contributed by atoms with E-state index in [1.807, 2.05) is 60.7 Å². The second-order valence-electron chi connectivity index (χ2n) is 8.59. The van der Waals surface area contributed by atoms with Crippen molar-refractivity contribution in [2.45, 2.75) is 16.8 Å². The van der Waals surface area contributed by atoms with E-state index in [2.05, 4.69) is 9.46 Å². The molecule has 36 heavy (non-hydrogen) atoms. The minimum Gasteiger partial charge on any atom is -0.406 e. The van der Waals surface area contributed by atoms with Crippen molar-refractivity contribution in [1.82, 2.24) is 4.72 Å². The van der Waals surface area contributed by atoms with Crippen LogP contribution in [0.3, 0.4) is 0 Å². The predicted octanol–water partition coefficient (Wildman–Crippen LogP) is 6.09. The molecule has 1 aliphatic carbocycles. The van der Waals surface area contributed by atoms with Crippen molar-refractivity contribution in [3.8, 4) is 5.75 Å². The molecule has 0 unspecified atom stereocenters. The van der Waals surface area contributed by atoms with Crippen LogP contribution in [-0.4, -0.2) is 14.8 Å². The van der Waals surface area contributed by atoms with Gasteiger partial charge in [-0.05, 0) is 51.6 Å². The summed E-state index contributed by atoms with van der Waals surface area (Å²) in [5.74, 6) is -0.381. The first kappa shape index (κ1) is 22.6. The molecule has 0 saturated heterocycles. The Morgan fingerprint density at radius 2 is 1.33 bits per heavy atom. The summed E-state index contributed by atoms with van der Waals surface area (Å²) in [4.78, 5) is 0.134. The summed E-state index contributed by atoms with van der Waals surface area (Å²) in [5.41, 5.74) is 2.91. The number of fused-ring (bicyclic) bond motifs is 4. The molecule has 1 spiro atoms. The summed E-state index contributed by atoms with van der Waals surface area (Å²) < 4.78 is 73.3. The molecular weight excluding hydrogens is 487 g/mol. The van der Waals surface area contributed by atoms with Gasteiger partial charge in [0, 0.05) is 5.56 Å². The van der Waals surface area contributed by atoms with Crippen molar-refractivity contribution in [3.05, 3.63) is 131 Å². The fourth-order valence-corrected chi connectivity index (χ4v) is 6.89. The zero-order valence-electron chi connectivity index (χ0n) is 18.6. The van der Waals surface area contributed by atoms with Crippen molar-refractivity contribution < 1.29 is 26.3 Å². The van der Waals surface area contributed by atoms with Gasteiger partial charge in [-0.15, -0.1) is 13.2 Å². The van der Waals surface area contributed by atoms with E-state index in [0.717, 1.165) is 11.1 Å². The van der Waals surface area contributed by atoms with Crippen LogP contribution in [0.15, 0.2) is 108 Å². The highest BCUT2D eigenvalue weighted by molar-refractivity contribution is 7.90. The second kappa shape index (κ2) is 7.81. The molecule has 2 aliphatic rings. The van der Waals surface area contributed by atoms with Crippen molar-refractivity contribution >= 4 is 21.2 Å². The van der Waals surface area contributed by atoms with Gasteiger partial charge in [0.05, 0.1) is 4.90 Å². The quantitative estimate of drug-likeness (QED) is 0.367. The zero-order chi connectivity index (χ0) is 25.1. The molecule has 1 N–H and O–H groups in total. The molecular formula is C28H18F3NO3S. The number of hydrogen-bond donors (Lipinski definition) is 1. The number of alkyl halides is 3. The molecule has 0 fully saturated rings. The SMILES string of the molecule is O=S1(=O)N[C@]2(C(c3ccccc3)=C(c3ccccc3)c3cc(OC(F)(F)F)ccc32)c2ccccc21. The van der Waals surface area contributed by atoms with Crippen LogP contribution >= 0.6 is 0 Å². The molecule has 0 radical (unpaired) electrons. The molecule has 6 rings (SSSR count). The van der Waals surface area contributed by atoms with E-state index in [1.54, 1.807) is 18.2 Å². The van der Waals surface area contributed by atoms with Gasteiger partial charge in [-0.3, -0.25) is 0 Å². The lowest BCUT2D eigenvalue weighted by Gasteiger charge is -2.30. The molecule has 0 saturated carbocycles. The second-order valence-corrected chi connectivity index (χ2v) is 10.2. The van der Waals surface area contributed by atoms with Crippen LogP contribution in [-0.2, 0) is 15.6 Å². The highest BCUT2D eigenvalue weighted by Crippen LogP contribution is 2.59. The summed E-state index contributed by atoms with van der Waals surface area (Å²) in [5, 5.41) is 0. The first-order valence-corrected chi connectivity index (χ1v) is 12.6. The van der Waals surface area contributed by atoms with Crippen LogP contribution in [0.2, 0.25) is 0 Å². The lowest BCUT2D eigenvalue weighted by atomic mass is 9.78. The number of halogens is 3. The largest absolute Gasteiger partial charge is 0.573 e. The van der Waals surface area contributed by atoms with Gasteiger partial charge in [-0.2, -0.15) is 4.72 Å². The van der Waals surface area contributed by atoms with E-state index in [9.17, 15) is 21.6 Å². The number of nitrogens with one attached hydrogen (secondary N) is 1. The van der Waals surface area contributed by atoms with Gasteiger partial charge in [0.15, 0.2) is 0 Å². The molecule has 0 aromatic heterocycles. The van der Waals surface area contributed by atoms with E-state index in [4.69, 9.17) is 0 Å². The summed E-state index contributed by atoms with van der Waals surface area (Å²) >= 11 is 0. The first-order valence-electron chi connectivity index (χ1n) is 11.1. The standard InChI is InChI=1S/C28H18F3NO3S/c29-28(30,31)35-20-15-16-22-21(17-20)25(18-9-3-1-4-10-18)26(19-11-5-2-6-12-19)27(22)23-13-7-8-14-24(23)36(33,34)32-27/h1-17,32H/t27-/m0/s1. The van der Waals surface area contributed by atoms with Crippen molar-refractivity contribution in [1.29, 1.82) is 0 Å². The number of rotatable bonds is 3. The molecule has 1 heterocycles. The average molecular weight is 506 g/mol. The summed E-state index contributed by atoms with van der Waals surface area (Å²) in [6, 6.07) is 29.2. The lowest BCUT2D eigenvalue weighted by Crippen LogP contribution is -2.40. The van der Waals surface area contributed by atoms with Crippen molar-refractivity contribution in [2.24, 2.45) is 0 Å². The predicted molar refractivity (Wildman–Crippen MR) is 129 cm³/mol. The molecule has 0 bridgehead atoms. The fraction of sp³-hybridized carbons (Fsp3) is 0.0714. The molecule has 4 nitrogen and oxygen atoms in total. The first-order chi connectivity index (χ1) is 17.2. The van der Waals surface area contributed by atoms with Gasteiger partial charge < -0.3 is 4.74 Å². The maximum absolute atomic E-state index is 13.4. The van der Waals surface area contributed by atoms with Crippen LogP contribution in [0.25, 0.3) is 11.1 Å². The molecule has 1 aliphatic heterocycles. The van der Waals surface area contributed by atoms with Crippen LogP contribution in [0.1, 0.15) is 27.8 Å². The van der Waals surface area contributed by atoms with Gasteiger partial charge in [-0.1, -0.05) is 84.9 Å². The normalized spacial score (nSPS) is 19.9. The van der Waals surface area contributed by atoms with Crippen LogP contribution in [0.5, 0.6) is 5.75 Å². The number of hydrogen-bond acceptors (Lipinski definition) is 3. The third-order valence-corrected chi connectivity index (χ3v) is 8.03. The molecule has 1 atom stereocenters. The van der Waals surface area contributed by atoms with E-state index < -0.39 is 21.9 Å². The third-order valence-electron chi connectivity index (χ3n) is 6.52. The monoisotopic (exact) mass is 505 g/mol. The Kier molecular flexibility index (Phi) is 4.90. The zero-order valence-corrected chi connectivity index (χ0v) is 19.4. The van der Waals surface area contributed by atoms with E-state index in [-0.39, 0.29) is 10.6 Å². The summed E-state index contributed by atoms with van der Waals surface area (Å²) in [7, 11) is -3.92. The Bertz CT molecular complexity index is 1630. The molecule has 4 aromatic rings. The Morgan fingerprint density at radius 3 is 2.00 bits per heavy atom. The van der Waals surface area contributed by atoms with Gasteiger partial charge in [0.1, 0.15) is 11.3 Å². The highest BCUT2D eigenvalue weighted by Gasteiger charge is 2.55. The maximum Gasteiger partial charge on any atom is 0.573 e. The molecule has 0 amide bonds. The van der Waals surface area contributed by atoms with Gasteiger partial charge >= 0.3 is 6.36 Å². The highest BCUT2D eigenvalue weighted by atomic mass is 32.2. The van der Waals surface area contributed by atoms with E-state index in [1.165, 1.54) is 24.3 Å². The Labute approximate surface area is 205 Å². The number of benzene rings is 4. The smallest absolute Gasteiger partial charge is 0.406 e.